The quantitative estimate of drug-likeness (QED) is 0.0876. The Hall–Kier alpha value is -3.08. The van der Waals surface area contributed by atoms with E-state index < -0.39 is 0 Å². The number of rotatable bonds is 16. The molecule has 0 spiro atoms. The first-order chi connectivity index (χ1) is 21.7. The minimum atomic E-state index is -0.318. The van der Waals surface area contributed by atoms with Crippen LogP contribution in [0.3, 0.4) is 0 Å². The van der Waals surface area contributed by atoms with Crippen molar-refractivity contribution in [1.29, 1.82) is 0 Å². The molecule has 262 valence electrons. The maximum absolute atomic E-state index is 12.8. The van der Waals surface area contributed by atoms with E-state index in [2.05, 4.69) is 63.6 Å². The summed E-state index contributed by atoms with van der Waals surface area (Å²) in [4.78, 5) is 50.0. The molecule has 3 aromatic carbocycles. The number of urea groups is 1. The normalized spacial score (nSPS) is 11.0. The zero-order valence-electron chi connectivity index (χ0n) is 28.9. The van der Waals surface area contributed by atoms with Gasteiger partial charge in [-0.25, -0.2) is 4.79 Å². The third-order valence-corrected chi connectivity index (χ3v) is 7.25. The van der Waals surface area contributed by atoms with E-state index in [9.17, 15) is 19.2 Å². The van der Waals surface area contributed by atoms with Gasteiger partial charge in [-0.2, -0.15) is 0 Å². The molecule has 0 saturated heterocycles. The Bertz CT molecular complexity index is 1350. The van der Waals surface area contributed by atoms with Crippen molar-refractivity contribution in [3.05, 3.63) is 89.5 Å². The molecule has 0 atom stereocenters. The summed E-state index contributed by atoms with van der Waals surface area (Å²) in [6.45, 7) is 2.60. The van der Waals surface area contributed by atoms with E-state index in [0.29, 0.717) is 47.6 Å². The van der Waals surface area contributed by atoms with Crippen LogP contribution < -0.4 is 69.2 Å². The standard InChI is InChI=1S/C36H48N6O4.2HI/c1-41(2,3)24-8-7-10-33(43)26-27-11-17-30(18-12-27)38-34(44)28-13-15-29(16-14-28)35(45)39-31-19-21-32(22-20-31)40-36(46)37-23-9-25-42(4,5)6;;/h11-22H,7-10,23-26H2,1-6H3,(H2-2,37,38,39,40,44,45,46);2*1H. The van der Waals surface area contributed by atoms with Crippen LogP contribution in [-0.4, -0.2) is 94.5 Å². The van der Waals surface area contributed by atoms with Crippen molar-refractivity contribution in [2.75, 3.05) is 77.9 Å². The molecule has 0 saturated carbocycles. The lowest BCUT2D eigenvalue weighted by atomic mass is 10.0. The Morgan fingerprint density at radius 2 is 0.958 bits per heavy atom. The van der Waals surface area contributed by atoms with Gasteiger partial charge in [-0.1, -0.05) is 12.1 Å². The molecule has 0 aromatic heterocycles. The number of carbonyl (C=O) groups is 4. The fraction of sp³-hybridized carbons (Fsp3) is 0.389. The molecule has 0 aliphatic heterocycles. The van der Waals surface area contributed by atoms with Gasteiger partial charge in [0, 0.05) is 54.0 Å². The van der Waals surface area contributed by atoms with Crippen molar-refractivity contribution >= 4 is 40.7 Å². The number of carbonyl (C=O) groups excluding carboxylic acids is 4. The zero-order valence-corrected chi connectivity index (χ0v) is 33.2. The first kappa shape index (κ1) is 42.9. The van der Waals surface area contributed by atoms with Gasteiger partial charge >= 0.3 is 6.03 Å². The summed E-state index contributed by atoms with van der Waals surface area (Å²) < 4.78 is 1.74. The van der Waals surface area contributed by atoms with E-state index >= 15 is 0 Å². The molecule has 0 unspecified atom stereocenters. The van der Waals surface area contributed by atoms with Crippen LogP contribution >= 0.6 is 0 Å². The molecule has 12 heteroatoms. The van der Waals surface area contributed by atoms with Crippen LogP contribution in [0.5, 0.6) is 0 Å². The molecule has 0 aliphatic rings. The van der Waals surface area contributed by atoms with E-state index in [1.165, 1.54) is 0 Å². The lowest BCUT2D eigenvalue weighted by Crippen LogP contribution is -3.00. The SMILES string of the molecule is C[N+](C)(C)CCCCC(=O)Cc1ccc(NC(=O)c2ccc(C(=O)Nc3ccc(NC(=O)NCCC[N+](C)(C)C)cc3)cc2)cc1.[I-].[I-]. The number of hydrogen-bond donors (Lipinski definition) is 4. The number of quaternary nitrogens is 2. The lowest BCUT2D eigenvalue weighted by Gasteiger charge is -2.23. The summed E-state index contributed by atoms with van der Waals surface area (Å²) in [5.41, 5.74) is 3.55. The summed E-state index contributed by atoms with van der Waals surface area (Å²) in [5, 5.41) is 11.3. The Labute approximate surface area is 319 Å². The lowest BCUT2D eigenvalue weighted by molar-refractivity contribution is -0.870. The second-order valence-electron chi connectivity index (χ2n) is 13.7. The summed E-state index contributed by atoms with van der Waals surface area (Å²) in [7, 11) is 12.8. The highest BCUT2D eigenvalue weighted by Gasteiger charge is 2.12. The Morgan fingerprint density at radius 1 is 0.542 bits per heavy atom. The number of benzene rings is 3. The molecule has 0 heterocycles. The van der Waals surface area contributed by atoms with Crippen LogP contribution in [0.2, 0.25) is 0 Å². The van der Waals surface area contributed by atoms with Crippen LogP contribution in [0.25, 0.3) is 0 Å². The Morgan fingerprint density at radius 3 is 1.42 bits per heavy atom. The fourth-order valence-electron chi connectivity index (χ4n) is 4.68. The number of nitrogens with one attached hydrogen (secondary N) is 4. The zero-order chi connectivity index (χ0) is 33.7. The van der Waals surface area contributed by atoms with Crippen molar-refractivity contribution in [2.45, 2.75) is 32.1 Å². The van der Waals surface area contributed by atoms with Crippen molar-refractivity contribution in [3.63, 3.8) is 0 Å². The van der Waals surface area contributed by atoms with Gasteiger partial charge in [-0.15, -0.1) is 0 Å². The van der Waals surface area contributed by atoms with E-state index in [1.807, 2.05) is 12.1 Å². The first-order valence-corrected chi connectivity index (χ1v) is 15.8. The maximum atomic E-state index is 12.8. The number of unbranched alkanes of at least 4 members (excludes halogenated alkanes) is 1. The third-order valence-electron chi connectivity index (χ3n) is 7.25. The summed E-state index contributed by atoms with van der Waals surface area (Å²) >= 11 is 0. The second-order valence-corrected chi connectivity index (χ2v) is 13.7. The largest absolute Gasteiger partial charge is 1.00 e. The van der Waals surface area contributed by atoms with E-state index in [4.69, 9.17) is 0 Å². The predicted molar refractivity (Wildman–Crippen MR) is 185 cm³/mol. The summed E-state index contributed by atoms with van der Waals surface area (Å²) in [6.07, 6.45) is 3.76. The highest BCUT2D eigenvalue weighted by molar-refractivity contribution is 6.07. The molecule has 0 bridgehead atoms. The molecule has 3 rings (SSSR count). The second kappa shape index (κ2) is 20.4. The molecule has 0 aliphatic carbocycles. The Kier molecular flexibility index (Phi) is 18.3. The van der Waals surface area contributed by atoms with Crippen LogP contribution in [0.4, 0.5) is 21.9 Å². The average molecular weight is 885 g/mol. The molecule has 0 radical (unpaired) electrons. The van der Waals surface area contributed by atoms with Crippen LogP contribution in [0.1, 0.15) is 52.0 Å². The molecule has 0 fully saturated rings. The molecule has 4 N–H and O–H groups in total. The first-order valence-electron chi connectivity index (χ1n) is 15.8. The van der Waals surface area contributed by atoms with Gasteiger partial charge < -0.3 is 78.2 Å². The number of hydrogen-bond acceptors (Lipinski definition) is 4. The minimum Gasteiger partial charge on any atom is -1.00 e. The number of Topliss-reactive ketones (excluding diaryl/α,β-unsaturated/α-hetero) is 1. The molecular weight excluding hydrogens is 834 g/mol. The molecular formula is C36H50I2N6O4. The number of halogens is 2. The minimum absolute atomic E-state index is 0. The van der Waals surface area contributed by atoms with Gasteiger partial charge in [0.05, 0.1) is 55.4 Å². The van der Waals surface area contributed by atoms with Gasteiger partial charge in [0.1, 0.15) is 5.78 Å². The van der Waals surface area contributed by atoms with E-state index in [1.54, 1.807) is 60.7 Å². The van der Waals surface area contributed by atoms with Crippen molar-refractivity contribution in [2.24, 2.45) is 0 Å². The average Bonchev–Trinajstić information content (AvgIpc) is 2.99. The Balaban J connectivity index is 0.00000576. The van der Waals surface area contributed by atoms with Gasteiger partial charge in [-0.05, 0) is 79.1 Å². The highest BCUT2D eigenvalue weighted by Crippen LogP contribution is 2.17. The molecule has 10 nitrogen and oxygen atoms in total. The maximum Gasteiger partial charge on any atom is 0.319 e. The summed E-state index contributed by atoms with van der Waals surface area (Å²) in [6, 6.07) is 20.3. The number of nitrogens with zero attached hydrogens (tertiary/aromatic N) is 2. The summed E-state index contributed by atoms with van der Waals surface area (Å²) in [5.74, 6) is -0.396. The molecule has 4 amide bonds. The number of anilines is 3. The molecule has 48 heavy (non-hydrogen) atoms. The fourth-order valence-corrected chi connectivity index (χ4v) is 4.68. The van der Waals surface area contributed by atoms with Gasteiger partial charge in [-0.3, -0.25) is 14.4 Å². The van der Waals surface area contributed by atoms with Crippen molar-refractivity contribution in [3.8, 4) is 0 Å². The monoisotopic (exact) mass is 884 g/mol. The van der Waals surface area contributed by atoms with E-state index in [0.717, 1.165) is 46.9 Å². The van der Waals surface area contributed by atoms with Gasteiger partial charge in [0.25, 0.3) is 11.8 Å². The van der Waals surface area contributed by atoms with Gasteiger partial charge in [0.15, 0.2) is 0 Å². The van der Waals surface area contributed by atoms with Crippen molar-refractivity contribution < 1.29 is 76.1 Å². The van der Waals surface area contributed by atoms with Crippen LogP contribution in [0, 0.1) is 0 Å². The smallest absolute Gasteiger partial charge is 0.319 e. The van der Waals surface area contributed by atoms with Crippen molar-refractivity contribution in [1.82, 2.24) is 5.32 Å². The third kappa shape index (κ3) is 16.8. The molecule has 3 aromatic rings. The van der Waals surface area contributed by atoms with E-state index in [-0.39, 0.29) is 71.6 Å². The number of amides is 4. The van der Waals surface area contributed by atoms with Crippen LogP contribution in [-0.2, 0) is 11.2 Å². The van der Waals surface area contributed by atoms with Gasteiger partial charge in [0.2, 0.25) is 0 Å². The number of ketones is 1. The topological polar surface area (TPSA) is 116 Å². The predicted octanol–water partition coefficient (Wildman–Crippen LogP) is -0.595. The highest BCUT2D eigenvalue weighted by atomic mass is 127. The van der Waals surface area contributed by atoms with Crippen LogP contribution in [0.15, 0.2) is 72.8 Å².